The molecule has 1 aliphatic carbocycles. The molecule has 0 atom stereocenters. The minimum Gasteiger partial charge on any atom is -0.352 e. The van der Waals surface area contributed by atoms with Gasteiger partial charge in [0.1, 0.15) is 10.7 Å². The molecule has 7 heteroatoms. The molecule has 1 aliphatic heterocycles. The summed E-state index contributed by atoms with van der Waals surface area (Å²) in [5, 5.41) is 3.85. The number of piperidine rings is 1. The van der Waals surface area contributed by atoms with Gasteiger partial charge in [-0.1, -0.05) is 13.8 Å². The number of carbonyl (C=O) groups is 1. The number of carbonyl (C=O) groups excluding carboxylic acids is 1. The maximum Gasteiger partial charge on any atom is 0.262 e. The number of thiophene rings is 1. The Bertz CT molecular complexity index is 949. The lowest BCUT2D eigenvalue weighted by atomic mass is 10.0. The van der Waals surface area contributed by atoms with Gasteiger partial charge in [-0.3, -0.25) is 19.1 Å². The number of amides is 1. The fourth-order valence-electron chi connectivity index (χ4n) is 4.12. The van der Waals surface area contributed by atoms with Gasteiger partial charge >= 0.3 is 0 Å². The first kappa shape index (κ1) is 19.6. The van der Waals surface area contributed by atoms with Gasteiger partial charge in [0.25, 0.3) is 5.56 Å². The molecule has 0 radical (unpaired) electrons. The van der Waals surface area contributed by atoms with Crippen LogP contribution >= 0.6 is 11.3 Å². The Kier molecular flexibility index (Phi) is 5.31. The van der Waals surface area contributed by atoms with E-state index in [9.17, 15) is 9.59 Å². The Hall–Kier alpha value is -1.73. The molecule has 0 aromatic carbocycles. The van der Waals surface area contributed by atoms with E-state index in [1.165, 1.54) is 4.88 Å². The van der Waals surface area contributed by atoms with E-state index in [-0.39, 0.29) is 23.4 Å². The van der Waals surface area contributed by atoms with Gasteiger partial charge < -0.3 is 5.32 Å². The van der Waals surface area contributed by atoms with Gasteiger partial charge in [0.15, 0.2) is 0 Å². The van der Waals surface area contributed by atoms with Gasteiger partial charge in [-0.25, -0.2) is 4.98 Å². The van der Waals surface area contributed by atoms with Crippen LogP contribution in [0, 0.1) is 13.8 Å². The Balaban J connectivity index is 1.56. The monoisotopic (exact) mass is 402 g/mol. The summed E-state index contributed by atoms with van der Waals surface area (Å²) < 4.78 is 1.97. The molecule has 4 rings (SSSR count). The van der Waals surface area contributed by atoms with Crippen LogP contribution in [0.15, 0.2) is 4.79 Å². The zero-order valence-electron chi connectivity index (χ0n) is 17.2. The predicted octanol–water partition coefficient (Wildman–Crippen LogP) is 3.11. The van der Waals surface area contributed by atoms with E-state index < -0.39 is 0 Å². The molecule has 2 aliphatic rings. The molecule has 6 nitrogen and oxygen atoms in total. The zero-order chi connectivity index (χ0) is 20.0. The van der Waals surface area contributed by atoms with Crippen LogP contribution in [0.1, 0.15) is 67.8 Å². The highest BCUT2D eigenvalue weighted by atomic mass is 32.1. The average Bonchev–Trinajstić information content (AvgIpc) is 3.40. The van der Waals surface area contributed by atoms with Crippen LogP contribution in [0.3, 0.4) is 0 Å². The molecule has 28 heavy (non-hydrogen) atoms. The lowest BCUT2D eigenvalue weighted by Crippen LogP contribution is -2.44. The first-order chi connectivity index (χ1) is 13.3. The van der Waals surface area contributed by atoms with Crippen molar-refractivity contribution in [1.29, 1.82) is 0 Å². The van der Waals surface area contributed by atoms with Crippen LogP contribution < -0.4 is 10.9 Å². The first-order valence-electron chi connectivity index (χ1n) is 10.4. The molecule has 3 heterocycles. The third kappa shape index (κ3) is 3.74. The second-order valence-electron chi connectivity index (χ2n) is 8.61. The molecular formula is C21H30N4O2S. The summed E-state index contributed by atoms with van der Waals surface area (Å²) in [7, 11) is 0. The molecule has 1 N–H and O–H groups in total. The molecule has 2 aromatic heterocycles. The number of hydrogen-bond acceptors (Lipinski definition) is 5. The van der Waals surface area contributed by atoms with E-state index >= 15 is 0 Å². The van der Waals surface area contributed by atoms with E-state index in [0.29, 0.717) is 12.6 Å². The van der Waals surface area contributed by atoms with Crippen molar-refractivity contribution in [1.82, 2.24) is 19.8 Å². The van der Waals surface area contributed by atoms with Crippen molar-refractivity contribution in [2.45, 2.75) is 71.4 Å². The van der Waals surface area contributed by atoms with Crippen molar-refractivity contribution in [3.8, 4) is 0 Å². The number of fused-ring (bicyclic) bond motifs is 1. The number of likely N-dealkylation sites (tertiary alicyclic amines) is 1. The van der Waals surface area contributed by atoms with E-state index in [1.807, 2.05) is 11.5 Å². The minimum atomic E-state index is 0.112. The van der Waals surface area contributed by atoms with Crippen LogP contribution in [0.4, 0.5) is 0 Å². The molecule has 0 spiro atoms. The molecule has 0 bridgehead atoms. The fourth-order valence-corrected chi connectivity index (χ4v) is 5.15. The minimum absolute atomic E-state index is 0.112. The molecule has 2 fully saturated rings. The molecule has 1 saturated heterocycles. The van der Waals surface area contributed by atoms with E-state index in [1.54, 1.807) is 11.3 Å². The lowest BCUT2D eigenvalue weighted by molar-refractivity contribution is -0.122. The van der Waals surface area contributed by atoms with Crippen LogP contribution in [-0.2, 0) is 4.79 Å². The van der Waals surface area contributed by atoms with Gasteiger partial charge in [0.05, 0.1) is 11.9 Å². The van der Waals surface area contributed by atoms with Gasteiger partial charge in [-0.15, -0.1) is 11.3 Å². The highest BCUT2D eigenvalue weighted by Gasteiger charge is 2.29. The summed E-state index contributed by atoms with van der Waals surface area (Å²) in [6, 6.07) is 0.566. The van der Waals surface area contributed by atoms with E-state index in [0.717, 1.165) is 60.4 Å². The Labute approximate surface area is 169 Å². The first-order valence-corrected chi connectivity index (χ1v) is 11.2. The number of nitrogens with zero attached hydrogens (tertiary/aromatic N) is 3. The molecular weight excluding hydrogens is 372 g/mol. The topological polar surface area (TPSA) is 67.2 Å². The third-order valence-corrected chi connectivity index (χ3v) is 7.11. The summed E-state index contributed by atoms with van der Waals surface area (Å²) >= 11 is 1.62. The molecule has 1 saturated carbocycles. The van der Waals surface area contributed by atoms with Crippen LogP contribution in [0.5, 0.6) is 0 Å². The van der Waals surface area contributed by atoms with E-state index in [4.69, 9.17) is 4.98 Å². The second-order valence-corrected chi connectivity index (χ2v) is 9.82. The number of hydrogen-bond donors (Lipinski definition) is 1. The normalized spacial score (nSPS) is 18.9. The molecule has 0 unspecified atom stereocenters. The van der Waals surface area contributed by atoms with Crippen molar-refractivity contribution in [3.05, 3.63) is 26.6 Å². The Morgan fingerprint density at radius 1 is 1.21 bits per heavy atom. The number of aromatic nitrogens is 2. The van der Waals surface area contributed by atoms with Crippen LogP contribution in [-0.4, -0.2) is 46.0 Å². The third-order valence-electron chi connectivity index (χ3n) is 6.01. The van der Waals surface area contributed by atoms with Gasteiger partial charge in [-0.2, -0.15) is 0 Å². The lowest BCUT2D eigenvalue weighted by Gasteiger charge is -2.33. The second kappa shape index (κ2) is 7.59. The Morgan fingerprint density at radius 2 is 1.89 bits per heavy atom. The van der Waals surface area contributed by atoms with E-state index in [2.05, 4.69) is 31.0 Å². The number of rotatable bonds is 5. The standard InChI is InChI=1S/C21H30N4O2S/c1-12(2)19-23-20-18(13(3)14(4)28-20)21(27)25(19)16-7-9-24(10-8-16)11-17(26)22-15-5-6-15/h12,15-16H,5-11H2,1-4H3,(H,22,26). The van der Waals surface area contributed by atoms with Crippen molar-refractivity contribution < 1.29 is 4.79 Å². The van der Waals surface area contributed by atoms with Crippen molar-refractivity contribution in [2.24, 2.45) is 0 Å². The molecule has 1 amide bonds. The van der Waals surface area contributed by atoms with Crippen LogP contribution in [0.25, 0.3) is 10.2 Å². The van der Waals surface area contributed by atoms with Crippen molar-refractivity contribution >= 4 is 27.5 Å². The highest BCUT2D eigenvalue weighted by molar-refractivity contribution is 7.18. The number of nitrogens with one attached hydrogen (secondary N) is 1. The van der Waals surface area contributed by atoms with Gasteiger partial charge in [0.2, 0.25) is 5.91 Å². The summed E-state index contributed by atoms with van der Waals surface area (Å²) in [5.74, 6) is 1.22. The largest absolute Gasteiger partial charge is 0.352 e. The van der Waals surface area contributed by atoms with Gasteiger partial charge in [-0.05, 0) is 45.1 Å². The summed E-state index contributed by atoms with van der Waals surface area (Å²) in [6.45, 7) is 10.4. The Morgan fingerprint density at radius 3 is 2.50 bits per heavy atom. The fraction of sp³-hybridized carbons (Fsp3) is 0.667. The van der Waals surface area contributed by atoms with Crippen LogP contribution in [0.2, 0.25) is 0 Å². The quantitative estimate of drug-likeness (QED) is 0.834. The smallest absolute Gasteiger partial charge is 0.262 e. The predicted molar refractivity (Wildman–Crippen MR) is 113 cm³/mol. The summed E-state index contributed by atoms with van der Waals surface area (Å²) in [4.78, 5) is 34.7. The maximum absolute atomic E-state index is 13.4. The average molecular weight is 403 g/mol. The maximum atomic E-state index is 13.4. The highest BCUT2D eigenvalue weighted by Crippen LogP contribution is 2.31. The molecule has 2 aromatic rings. The summed E-state index contributed by atoms with van der Waals surface area (Å²) in [5.41, 5.74) is 1.18. The number of aryl methyl sites for hydroxylation is 2. The molecule has 152 valence electrons. The zero-order valence-corrected chi connectivity index (χ0v) is 18.1. The SMILES string of the molecule is Cc1sc2nc(C(C)C)n(C3CCN(CC(=O)NC4CC4)CC3)c(=O)c2c1C. The van der Waals surface area contributed by atoms with Gasteiger partial charge in [0, 0.05) is 36.0 Å². The summed E-state index contributed by atoms with van der Waals surface area (Å²) in [6.07, 6.45) is 3.99. The van der Waals surface area contributed by atoms with Crippen molar-refractivity contribution in [3.63, 3.8) is 0 Å². The van der Waals surface area contributed by atoms with Crippen molar-refractivity contribution in [2.75, 3.05) is 19.6 Å².